The number of aromatic nitrogens is 4. The van der Waals surface area contributed by atoms with Crippen LogP contribution >= 0.6 is 11.3 Å². The number of aliphatic hydroxyl groups is 1. The summed E-state index contributed by atoms with van der Waals surface area (Å²) in [4.78, 5) is 9.67. The Morgan fingerprint density at radius 2 is 1.71 bits per heavy atom. The van der Waals surface area contributed by atoms with E-state index in [9.17, 15) is 18.3 Å². The topological polar surface area (TPSA) is 98.7 Å². The van der Waals surface area contributed by atoms with E-state index < -0.39 is 12.7 Å². The van der Waals surface area contributed by atoms with Gasteiger partial charge in [-0.2, -0.15) is 0 Å². The molecule has 0 bridgehead atoms. The van der Waals surface area contributed by atoms with Gasteiger partial charge in [-0.15, -0.1) is 29.6 Å². The summed E-state index contributed by atoms with van der Waals surface area (Å²) in [6.45, 7) is 8.36. The Morgan fingerprint density at radius 3 is 2.38 bits per heavy atom. The Bertz CT molecular complexity index is 1860. The van der Waals surface area contributed by atoms with E-state index in [0.29, 0.717) is 22.2 Å². The van der Waals surface area contributed by atoms with Crippen molar-refractivity contribution in [3.63, 3.8) is 0 Å². The van der Waals surface area contributed by atoms with Crippen LogP contribution in [-0.2, 0) is 6.42 Å². The summed E-state index contributed by atoms with van der Waals surface area (Å²) in [6.07, 6.45) is -1.70. The fraction of sp³-hybridized carbons (Fsp3) is 0.343. The van der Waals surface area contributed by atoms with Crippen molar-refractivity contribution in [2.75, 3.05) is 7.11 Å². The van der Waals surface area contributed by atoms with Crippen molar-refractivity contribution in [2.45, 2.75) is 71.6 Å². The largest absolute Gasteiger partial charge is 0.573 e. The Labute approximate surface area is 281 Å². The standard InChI is InChI=1S/C35H39F3N6O3S/c1-22(2)30-18-17-29(46-5)19-31(30)44-24(4)20-48-34(44)41-33(45)40-23(3)7-6-8-25-9-11-26(12-10-25)32-39-21-43(42-32)27-13-15-28(16-14-27)47-35(36,37)38/h9-23,33,40,45H,6-8H2,1-5H3/b41-34-. The molecule has 0 aliphatic heterocycles. The predicted octanol–water partition coefficient (Wildman–Crippen LogP) is 7.30. The average Bonchev–Trinajstić information content (AvgIpc) is 3.67. The van der Waals surface area contributed by atoms with Crippen molar-refractivity contribution in [1.82, 2.24) is 24.6 Å². The van der Waals surface area contributed by atoms with Crippen LogP contribution < -0.4 is 19.6 Å². The molecule has 0 radical (unpaired) electrons. The molecule has 2 aromatic heterocycles. The number of halogens is 3. The van der Waals surface area contributed by atoms with E-state index in [1.54, 1.807) is 7.11 Å². The molecule has 3 aromatic carbocycles. The van der Waals surface area contributed by atoms with Crippen molar-refractivity contribution >= 4 is 11.3 Å². The van der Waals surface area contributed by atoms with Gasteiger partial charge in [0, 0.05) is 28.7 Å². The molecule has 2 heterocycles. The monoisotopic (exact) mass is 680 g/mol. The second-order valence-corrected chi connectivity index (χ2v) is 12.6. The highest BCUT2D eigenvalue weighted by Crippen LogP contribution is 2.28. The van der Waals surface area contributed by atoms with Gasteiger partial charge in [0.2, 0.25) is 6.35 Å². The van der Waals surface area contributed by atoms with E-state index in [-0.39, 0.29) is 11.8 Å². The first kappa shape index (κ1) is 34.9. The van der Waals surface area contributed by atoms with E-state index in [0.717, 1.165) is 47.5 Å². The Kier molecular flexibility index (Phi) is 11.0. The quantitative estimate of drug-likeness (QED) is 0.127. The maximum atomic E-state index is 12.4. The van der Waals surface area contributed by atoms with Crippen molar-refractivity contribution in [3.8, 4) is 34.3 Å². The van der Waals surface area contributed by atoms with Crippen molar-refractivity contribution in [3.05, 3.63) is 100 Å². The number of rotatable bonds is 13. The van der Waals surface area contributed by atoms with Crippen molar-refractivity contribution < 1.29 is 27.8 Å². The average molecular weight is 681 g/mol. The zero-order chi connectivity index (χ0) is 34.4. The van der Waals surface area contributed by atoms with Gasteiger partial charge < -0.3 is 14.6 Å². The number of nitrogens with zero attached hydrogens (tertiary/aromatic N) is 5. The highest BCUT2D eigenvalue weighted by atomic mass is 32.1. The van der Waals surface area contributed by atoms with Crippen molar-refractivity contribution in [2.24, 2.45) is 4.99 Å². The van der Waals surface area contributed by atoms with E-state index in [1.165, 1.54) is 52.2 Å². The predicted molar refractivity (Wildman–Crippen MR) is 180 cm³/mol. The first-order valence-corrected chi connectivity index (χ1v) is 16.5. The summed E-state index contributed by atoms with van der Waals surface area (Å²) in [5.74, 6) is 1.26. The highest BCUT2D eigenvalue weighted by Gasteiger charge is 2.31. The number of nitrogens with one attached hydrogen (secondary N) is 1. The third-order valence-corrected chi connectivity index (χ3v) is 8.74. The zero-order valence-corrected chi connectivity index (χ0v) is 28.2. The number of hydrogen-bond donors (Lipinski definition) is 2. The van der Waals surface area contributed by atoms with Crippen LogP contribution in [0.4, 0.5) is 13.2 Å². The first-order chi connectivity index (χ1) is 22.9. The molecule has 0 aliphatic carbocycles. The molecular weight excluding hydrogens is 641 g/mol. The summed E-state index contributed by atoms with van der Waals surface area (Å²) in [6, 6.07) is 19.5. The lowest BCUT2D eigenvalue weighted by molar-refractivity contribution is -0.274. The van der Waals surface area contributed by atoms with Crippen LogP contribution in [0.15, 0.2) is 83.4 Å². The number of alkyl halides is 3. The summed E-state index contributed by atoms with van der Waals surface area (Å²) < 4.78 is 50.3. The lowest BCUT2D eigenvalue weighted by Crippen LogP contribution is -2.37. The van der Waals surface area contributed by atoms with E-state index in [2.05, 4.69) is 49.6 Å². The maximum Gasteiger partial charge on any atom is 0.573 e. The molecule has 5 rings (SSSR count). The normalized spacial score (nSPS) is 13.6. The molecule has 13 heteroatoms. The number of ether oxygens (including phenoxy) is 2. The second-order valence-electron chi connectivity index (χ2n) is 11.8. The van der Waals surface area contributed by atoms with E-state index in [4.69, 9.17) is 4.74 Å². The highest BCUT2D eigenvalue weighted by molar-refractivity contribution is 7.07. The third-order valence-electron chi connectivity index (χ3n) is 7.79. The summed E-state index contributed by atoms with van der Waals surface area (Å²) in [5, 5.41) is 20.5. The lowest BCUT2D eigenvalue weighted by atomic mass is 10.0. The molecule has 48 heavy (non-hydrogen) atoms. The minimum atomic E-state index is -4.74. The first-order valence-electron chi connectivity index (χ1n) is 15.6. The zero-order valence-electron chi connectivity index (χ0n) is 27.4. The molecule has 0 spiro atoms. The fourth-order valence-electron chi connectivity index (χ4n) is 5.34. The summed E-state index contributed by atoms with van der Waals surface area (Å²) in [5.41, 5.74) is 5.72. The molecule has 9 nitrogen and oxygen atoms in total. The Morgan fingerprint density at radius 1 is 1.00 bits per heavy atom. The van der Waals surface area contributed by atoms with Gasteiger partial charge in [0.1, 0.15) is 17.8 Å². The van der Waals surface area contributed by atoms with Crippen LogP contribution in [0.2, 0.25) is 0 Å². The molecular formula is C35H39F3N6O3S. The van der Waals surface area contributed by atoms with Crippen molar-refractivity contribution in [1.29, 1.82) is 0 Å². The fourth-order valence-corrected chi connectivity index (χ4v) is 6.23. The number of aliphatic hydroxyl groups excluding tert-OH is 1. The molecule has 0 aliphatic rings. The number of aryl methyl sites for hydroxylation is 2. The van der Waals surface area contributed by atoms with Gasteiger partial charge in [-0.05, 0) is 80.5 Å². The molecule has 5 aromatic rings. The van der Waals surface area contributed by atoms with Gasteiger partial charge in [0.15, 0.2) is 10.6 Å². The number of methoxy groups -OCH3 is 1. The van der Waals surface area contributed by atoms with Crippen LogP contribution in [0.5, 0.6) is 11.5 Å². The summed E-state index contributed by atoms with van der Waals surface area (Å²) in [7, 11) is 1.65. The number of benzene rings is 3. The van der Waals surface area contributed by atoms with Gasteiger partial charge in [-0.1, -0.05) is 44.2 Å². The van der Waals surface area contributed by atoms with Gasteiger partial charge in [-0.3, -0.25) is 9.88 Å². The van der Waals surface area contributed by atoms with Gasteiger partial charge >= 0.3 is 6.36 Å². The second kappa shape index (κ2) is 15.2. The molecule has 2 atom stereocenters. The Hall–Kier alpha value is -4.46. The maximum absolute atomic E-state index is 12.4. The number of hydrogen-bond acceptors (Lipinski definition) is 8. The third kappa shape index (κ3) is 8.91. The van der Waals surface area contributed by atoms with Crippen LogP contribution in [0.1, 0.15) is 56.4 Å². The smallest absolute Gasteiger partial charge is 0.497 e. The van der Waals surface area contributed by atoms with Crippen LogP contribution in [0.3, 0.4) is 0 Å². The van der Waals surface area contributed by atoms with Crippen LogP contribution in [0.25, 0.3) is 22.8 Å². The van der Waals surface area contributed by atoms with E-state index >= 15 is 0 Å². The molecule has 0 amide bonds. The molecule has 2 N–H and O–H groups in total. The Balaban J connectivity index is 1.15. The molecule has 254 valence electrons. The molecule has 2 unspecified atom stereocenters. The SMILES string of the molecule is COc1ccc(C(C)C)c(-n2c(C)cs/c2=N\C(O)NC(C)CCCc2ccc(-c3ncn(-c4ccc(OC(F)(F)F)cc4)n3)cc2)c1. The molecule has 0 saturated heterocycles. The summed E-state index contributed by atoms with van der Waals surface area (Å²) >= 11 is 1.48. The minimum Gasteiger partial charge on any atom is -0.497 e. The van der Waals surface area contributed by atoms with Gasteiger partial charge in [0.25, 0.3) is 0 Å². The van der Waals surface area contributed by atoms with E-state index in [1.807, 2.05) is 55.6 Å². The van der Waals surface area contributed by atoms with Gasteiger partial charge in [0.05, 0.1) is 18.5 Å². The van der Waals surface area contributed by atoms with Crippen LogP contribution in [0, 0.1) is 6.92 Å². The lowest BCUT2D eigenvalue weighted by Gasteiger charge is -2.18. The number of thiazole rings is 1. The minimum absolute atomic E-state index is 0.0304. The van der Waals surface area contributed by atoms with Gasteiger partial charge in [-0.25, -0.2) is 14.7 Å². The van der Waals surface area contributed by atoms with Crippen LogP contribution in [-0.4, -0.2) is 50.3 Å². The molecule has 0 saturated carbocycles. The molecule has 0 fully saturated rings.